The van der Waals surface area contributed by atoms with E-state index in [0.29, 0.717) is 25.4 Å². The van der Waals surface area contributed by atoms with E-state index in [1.807, 2.05) is 6.92 Å². The first-order chi connectivity index (χ1) is 9.17. The molecule has 0 radical (unpaired) electrons. The van der Waals surface area contributed by atoms with E-state index in [-0.39, 0.29) is 29.6 Å². The van der Waals surface area contributed by atoms with Crippen molar-refractivity contribution in [3.63, 3.8) is 0 Å². The molecule has 1 aliphatic rings. The van der Waals surface area contributed by atoms with Crippen LogP contribution in [0.3, 0.4) is 0 Å². The van der Waals surface area contributed by atoms with Crippen LogP contribution in [0.25, 0.3) is 0 Å². The second-order valence-corrected chi connectivity index (χ2v) is 6.90. The summed E-state index contributed by atoms with van der Waals surface area (Å²) in [7, 11) is 0.896. The maximum Gasteiger partial charge on any atom is 0.234 e. The van der Waals surface area contributed by atoms with Crippen LogP contribution in [0.2, 0.25) is 0 Å². The number of hydrogen-bond acceptors (Lipinski definition) is 4. The van der Waals surface area contributed by atoms with E-state index in [9.17, 15) is 9.00 Å². The first kappa shape index (κ1) is 19.8. The lowest BCUT2D eigenvalue weighted by Gasteiger charge is -2.29. The van der Waals surface area contributed by atoms with Crippen molar-refractivity contribution >= 4 is 29.1 Å². The summed E-state index contributed by atoms with van der Waals surface area (Å²) < 4.78 is 16.7. The van der Waals surface area contributed by atoms with Crippen molar-refractivity contribution < 1.29 is 13.7 Å². The van der Waals surface area contributed by atoms with Gasteiger partial charge in [-0.05, 0) is 19.3 Å². The summed E-state index contributed by atoms with van der Waals surface area (Å²) in [6.07, 6.45) is 3.93. The molecule has 1 rings (SSSR count). The molecule has 0 bridgehead atoms. The Kier molecular flexibility index (Phi) is 11.4. The summed E-state index contributed by atoms with van der Waals surface area (Å²) in [5, 5.41) is 6.31. The van der Waals surface area contributed by atoms with Gasteiger partial charge in [-0.25, -0.2) is 0 Å². The summed E-state index contributed by atoms with van der Waals surface area (Å²) >= 11 is 0. The number of nitrogens with one attached hydrogen (secondary N) is 2. The third kappa shape index (κ3) is 7.57. The van der Waals surface area contributed by atoms with Gasteiger partial charge in [0.15, 0.2) is 0 Å². The van der Waals surface area contributed by atoms with Gasteiger partial charge in [0.1, 0.15) is 0 Å². The predicted molar refractivity (Wildman–Crippen MR) is 84.9 cm³/mol. The summed E-state index contributed by atoms with van der Waals surface area (Å²) in [5.41, 5.74) is 0. The molecule has 3 unspecified atom stereocenters. The van der Waals surface area contributed by atoms with Gasteiger partial charge in [-0.3, -0.25) is 9.00 Å². The van der Waals surface area contributed by atoms with Crippen molar-refractivity contribution in [2.75, 3.05) is 32.6 Å². The van der Waals surface area contributed by atoms with E-state index in [4.69, 9.17) is 4.74 Å². The molecule has 120 valence electrons. The Hall–Kier alpha value is -0.170. The molecule has 2 N–H and O–H groups in total. The Bertz CT molecular complexity index is 305. The van der Waals surface area contributed by atoms with Gasteiger partial charge in [0, 0.05) is 41.5 Å². The Morgan fingerprint density at radius 2 is 2.15 bits per heavy atom. The fourth-order valence-corrected chi connectivity index (χ4v) is 3.75. The largest absolute Gasteiger partial charge is 0.383 e. The monoisotopic (exact) mass is 326 g/mol. The molecule has 0 aromatic rings. The standard InChI is InChI=1S/C13H26N2O3S.ClH/c1-3-19(17)12-6-4-5-11(9-12)15-13(16)10-14-7-8-18-2;/h11-12,14H,3-10H2,1-2H3,(H,15,16);1H. The molecule has 5 nitrogen and oxygen atoms in total. The van der Waals surface area contributed by atoms with Crippen LogP contribution in [-0.2, 0) is 20.3 Å². The molecule has 0 saturated heterocycles. The number of carbonyl (C=O) groups excluding carboxylic acids is 1. The van der Waals surface area contributed by atoms with Crippen molar-refractivity contribution in [3.8, 4) is 0 Å². The quantitative estimate of drug-likeness (QED) is 0.649. The van der Waals surface area contributed by atoms with Crippen molar-refractivity contribution in [2.45, 2.75) is 43.9 Å². The van der Waals surface area contributed by atoms with Crippen molar-refractivity contribution in [1.29, 1.82) is 0 Å². The second kappa shape index (κ2) is 11.5. The molecule has 0 heterocycles. The van der Waals surface area contributed by atoms with Crippen LogP contribution in [0, 0.1) is 0 Å². The smallest absolute Gasteiger partial charge is 0.234 e. The van der Waals surface area contributed by atoms with E-state index in [0.717, 1.165) is 25.7 Å². The van der Waals surface area contributed by atoms with Gasteiger partial charge >= 0.3 is 0 Å². The number of rotatable bonds is 8. The van der Waals surface area contributed by atoms with E-state index < -0.39 is 10.8 Å². The van der Waals surface area contributed by atoms with E-state index >= 15 is 0 Å². The number of carbonyl (C=O) groups is 1. The number of methoxy groups -OCH3 is 1. The fraction of sp³-hybridized carbons (Fsp3) is 0.923. The summed E-state index contributed by atoms with van der Waals surface area (Å²) in [4.78, 5) is 11.7. The van der Waals surface area contributed by atoms with Crippen LogP contribution in [0.15, 0.2) is 0 Å². The van der Waals surface area contributed by atoms with Crippen LogP contribution >= 0.6 is 12.4 Å². The Morgan fingerprint density at radius 1 is 1.40 bits per heavy atom. The number of ether oxygens (including phenoxy) is 1. The molecular weight excluding hydrogens is 300 g/mol. The van der Waals surface area contributed by atoms with Gasteiger partial charge < -0.3 is 15.4 Å². The molecule has 0 aliphatic heterocycles. The van der Waals surface area contributed by atoms with Gasteiger partial charge in [0.05, 0.1) is 13.2 Å². The Labute approximate surface area is 130 Å². The highest BCUT2D eigenvalue weighted by Crippen LogP contribution is 2.22. The first-order valence-electron chi connectivity index (χ1n) is 7.03. The minimum Gasteiger partial charge on any atom is -0.383 e. The van der Waals surface area contributed by atoms with Gasteiger partial charge in [-0.2, -0.15) is 0 Å². The zero-order valence-corrected chi connectivity index (χ0v) is 14.0. The van der Waals surface area contributed by atoms with Gasteiger partial charge in [0.2, 0.25) is 5.91 Å². The lowest BCUT2D eigenvalue weighted by molar-refractivity contribution is -0.121. The summed E-state index contributed by atoms with van der Waals surface area (Å²) in [6.45, 7) is 3.56. The topological polar surface area (TPSA) is 67.4 Å². The highest BCUT2D eigenvalue weighted by Gasteiger charge is 2.26. The molecule has 0 spiro atoms. The van der Waals surface area contributed by atoms with Crippen LogP contribution in [0.4, 0.5) is 0 Å². The van der Waals surface area contributed by atoms with E-state index in [2.05, 4.69) is 10.6 Å². The Balaban J connectivity index is 0.00000361. The van der Waals surface area contributed by atoms with E-state index in [1.165, 1.54) is 0 Å². The van der Waals surface area contributed by atoms with Crippen LogP contribution in [0.5, 0.6) is 0 Å². The zero-order valence-electron chi connectivity index (χ0n) is 12.4. The van der Waals surface area contributed by atoms with Gasteiger partial charge in [0.25, 0.3) is 0 Å². The summed E-state index contributed by atoms with van der Waals surface area (Å²) in [5.74, 6) is 0.730. The maximum absolute atomic E-state index is 11.8. The van der Waals surface area contributed by atoms with Crippen LogP contribution < -0.4 is 10.6 Å². The molecule has 20 heavy (non-hydrogen) atoms. The lowest BCUT2D eigenvalue weighted by atomic mass is 9.95. The predicted octanol–water partition coefficient (Wildman–Crippen LogP) is 0.840. The molecule has 3 atom stereocenters. The first-order valence-corrected chi connectivity index (χ1v) is 8.41. The number of amides is 1. The van der Waals surface area contributed by atoms with Gasteiger partial charge in [-0.15, -0.1) is 12.4 Å². The second-order valence-electron chi connectivity index (χ2n) is 4.89. The van der Waals surface area contributed by atoms with Crippen LogP contribution in [-0.4, -0.2) is 54.0 Å². The normalized spacial score (nSPS) is 23.7. The Morgan fingerprint density at radius 3 is 2.80 bits per heavy atom. The van der Waals surface area contributed by atoms with Crippen molar-refractivity contribution in [1.82, 2.24) is 10.6 Å². The summed E-state index contributed by atoms with van der Waals surface area (Å²) in [6, 6.07) is 0.186. The highest BCUT2D eigenvalue weighted by molar-refractivity contribution is 7.85. The molecule has 1 fully saturated rings. The van der Waals surface area contributed by atoms with Crippen LogP contribution in [0.1, 0.15) is 32.6 Å². The molecule has 0 aromatic heterocycles. The third-order valence-electron chi connectivity index (χ3n) is 3.42. The maximum atomic E-state index is 11.8. The molecule has 1 saturated carbocycles. The molecule has 1 aliphatic carbocycles. The average Bonchev–Trinajstić information content (AvgIpc) is 2.43. The molecule has 1 amide bonds. The van der Waals surface area contributed by atoms with Crippen molar-refractivity contribution in [2.24, 2.45) is 0 Å². The van der Waals surface area contributed by atoms with E-state index in [1.54, 1.807) is 7.11 Å². The average molecular weight is 327 g/mol. The number of hydrogen-bond donors (Lipinski definition) is 2. The lowest BCUT2D eigenvalue weighted by Crippen LogP contribution is -2.44. The highest BCUT2D eigenvalue weighted by atomic mass is 35.5. The minimum atomic E-state index is -0.740. The molecule has 0 aromatic carbocycles. The minimum absolute atomic E-state index is 0. The van der Waals surface area contributed by atoms with Gasteiger partial charge in [-0.1, -0.05) is 13.3 Å². The van der Waals surface area contributed by atoms with Crippen molar-refractivity contribution in [3.05, 3.63) is 0 Å². The molecular formula is C13H27ClN2O3S. The molecule has 7 heteroatoms. The third-order valence-corrected chi connectivity index (χ3v) is 5.16. The fourth-order valence-electron chi connectivity index (χ4n) is 2.41. The number of halogens is 1. The zero-order chi connectivity index (χ0) is 14.1. The SMILES string of the molecule is CCS(=O)C1CCCC(NC(=O)CNCCOC)C1.Cl.